The second-order valence-electron chi connectivity index (χ2n) is 18.2. The summed E-state index contributed by atoms with van der Waals surface area (Å²) in [4.78, 5) is 0. The Bertz CT molecular complexity index is 3120. The predicted molar refractivity (Wildman–Crippen MR) is 296 cm³/mol. The van der Waals surface area contributed by atoms with E-state index in [1.165, 1.54) is 149 Å². The zero-order chi connectivity index (χ0) is 46.4. The molecule has 1 saturated carbocycles. The zero-order valence-corrected chi connectivity index (χ0v) is 40.9. The maximum Gasteiger partial charge on any atom is -0.00928 e. The van der Waals surface area contributed by atoms with E-state index in [0.29, 0.717) is 0 Å². The van der Waals surface area contributed by atoms with Crippen molar-refractivity contribution in [3.63, 3.8) is 0 Å². The number of aryl methyl sites for hydroxylation is 1. The van der Waals surface area contributed by atoms with Gasteiger partial charge in [0.25, 0.3) is 0 Å². The van der Waals surface area contributed by atoms with Crippen molar-refractivity contribution in [2.75, 3.05) is 0 Å². The lowest BCUT2D eigenvalue weighted by Crippen LogP contribution is -1.89. The third-order valence-corrected chi connectivity index (χ3v) is 12.3. The fourth-order valence-electron chi connectivity index (χ4n) is 8.75. The number of hydrogen-bond donors (Lipinski definition) is 0. The van der Waals surface area contributed by atoms with Crippen LogP contribution < -0.4 is 0 Å². The molecule has 10 aromatic rings. The van der Waals surface area contributed by atoms with Crippen molar-refractivity contribution in [2.24, 2.45) is 5.92 Å². The van der Waals surface area contributed by atoms with Crippen LogP contribution in [0.4, 0.5) is 0 Å². The first-order chi connectivity index (χ1) is 32.3. The zero-order valence-electron chi connectivity index (χ0n) is 40.9. The molecule has 0 saturated heterocycles. The van der Waals surface area contributed by atoms with E-state index in [2.05, 4.69) is 243 Å². The van der Waals surface area contributed by atoms with Crippen LogP contribution in [-0.4, -0.2) is 0 Å². The number of unbranched alkanes of at least 4 members (excludes halogenated alkanes) is 2. The van der Waals surface area contributed by atoms with Crippen LogP contribution in [0.25, 0.3) is 98.4 Å². The predicted octanol–water partition coefficient (Wildman–Crippen LogP) is 20.9. The van der Waals surface area contributed by atoms with E-state index in [4.69, 9.17) is 0 Å². The molecule has 0 nitrogen and oxygen atoms in total. The van der Waals surface area contributed by atoms with E-state index in [1.54, 1.807) is 0 Å². The van der Waals surface area contributed by atoms with E-state index in [1.807, 2.05) is 0 Å². The first kappa shape index (κ1) is 47.5. The highest BCUT2D eigenvalue weighted by molar-refractivity contribution is 6.25. The lowest BCUT2D eigenvalue weighted by atomic mass is 9.89. The summed E-state index contributed by atoms with van der Waals surface area (Å²) in [7, 11) is 0. The van der Waals surface area contributed by atoms with Crippen molar-refractivity contribution < 1.29 is 0 Å². The Morgan fingerprint density at radius 1 is 0.333 bits per heavy atom. The summed E-state index contributed by atoms with van der Waals surface area (Å²) in [5.74, 6) is 1.08. The summed E-state index contributed by atoms with van der Waals surface area (Å²) >= 11 is 0. The molecule has 0 unspecified atom stereocenters. The maximum atomic E-state index is 2.38. The van der Waals surface area contributed by atoms with Crippen LogP contribution in [-0.2, 0) is 0 Å². The molecule has 0 aliphatic heterocycles. The smallest absolute Gasteiger partial charge is 0.00928 e. The Kier molecular flexibility index (Phi) is 16.6. The highest BCUT2D eigenvalue weighted by atomic mass is 14.2. The maximum absolute atomic E-state index is 2.38. The third kappa shape index (κ3) is 11.1. The first-order valence-corrected chi connectivity index (χ1v) is 24.9. The van der Waals surface area contributed by atoms with Crippen LogP contribution in [0.3, 0.4) is 0 Å². The molecule has 1 aliphatic carbocycles. The van der Waals surface area contributed by atoms with Crippen molar-refractivity contribution in [1.29, 1.82) is 0 Å². The quantitative estimate of drug-likeness (QED) is 0.146. The summed E-state index contributed by atoms with van der Waals surface area (Å²) in [6.07, 6.45) is 9.55. The van der Waals surface area contributed by atoms with Gasteiger partial charge in [-0.05, 0) is 147 Å². The lowest BCUT2D eigenvalue weighted by Gasteiger charge is -2.14. The van der Waals surface area contributed by atoms with Gasteiger partial charge >= 0.3 is 0 Å². The average Bonchev–Trinajstić information content (AvgIpc) is 4.16. The van der Waals surface area contributed by atoms with Crippen LogP contribution in [0.5, 0.6) is 0 Å². The standard InChI is InChI=1S/C51H34.C5H12.C4H8.2C3H8/c1-33-24-25-36(30-49(33)38-15-11-16-39(29-38)50-32-40-12-2-3-17-41(40)42-18-4-8-22-46(42)50)34-13-10-14-35(28-34)37-26-27-48-45-21-6-5-19-43(45)44-20-7-9-23-47(44)51(48)31-37;1-3-5-4-2;1-4-2-3-4;2*1-3-2/h2-32H,1H3;3-5H2,1-2H3;4H,2-3H2,1H3;2*3H2,1-2H3. The molecule has 66 heavy (non-hydrogen) atoms. The first-order valence-electron chi connectivity index (χ1n) is 24.9. The molecular weight excluding hydrogens is 793 g/mol. The Balaban J connectivity index is 0.000000377. The second-order valence-corrected chi connectivity index (χ2v) is 18.2. The number of rotatable bonds is 6. The Morgan fingerprint density at radius 3 is 1.23 bits per heavy atom. The van der Waals surface area contributed by atoms with Crippen LogP contribution in [0.2, 0.25) is 0 Å². The summed E-state index contributed by atoms with van der Waals surface area (Å²) in [5, 5.41) is 12.9. The molecule has 0 atom stereocenters. The normalized spacial score (nSPS) is 11.8. The van der Waals surface area contributed by atoms with Crippen molar-refractivity contribution >= 4 is 53.9 Å². The molecule has 0 heterocycles. The highest BCUT2D eigenvalue weighted by Crippen LogP contribution is 2.40. The molecule has 0 heteroatoms. The van der Waals surface area contributed by atoms with E-state index in [-0.39, 0.29) is 0 Å². The number of benzene rings is 10. The Hall–Kier alpha value is -6.50. The van der Waals surface area contributed by atoms with Gasteiger partial charge < -0.3 is 0 Å². The van der Waals surface area contributed by atoms with Crippen LogP contribution >= 0.6 is 0 Å². The van der Waals surface area contributed by atoms with E-state index >= 15 is 0 Å². The molecule has 0 bridgehead atoms. The topological polar surface area (TPSA) is 0 Å². The molecule has 0 N–H and O–H groups in total. The minimum atomic E-state index is 1.08. The molecule has 0 radical (unpaired) electrons. The summed E-state index contributed by atoms with van der Waals surface area (Å²) in [6.45, 7) is 17.4. The van der Waals surface area contributed by atoms with Crippen LogP contribution in [0.1, 0.15) is 99.0 Å². The van der Waals surface area contributed by atoms with Crippen LogP contribution in [0, 0.1) is 12.8 Å². The van der Waals surface area contributed by atoms with Gasteiger partial charge in [-0.15, -0.1) is 0 Å². The van der Waals surface area contributed by atoms with Gasteiger partial charge in [-0.1, -0.05) is 251 Å². The molecule has 10 aromatic carbocycles. The molecule has 1 fully saturated rings. The minimum Gasteiger partial charge on any atom is -0.0656 e. The lowest BCUT2D eigenvalue weighted by molar-refractivity contribution is 0.772. The number of fused-ring (bicyclic) bond motifs is 9. The monoisotopic (exact) mass is 863 g/mol. The van der Waals surface area contributed by atoms with E-state index in [9.17, 15) is 0 Å². The Morgan fingerprint density at radius 2 is 0.712 bits per heavy atom. The van der Waals surface area contributed by atoms with Gasteiger partial charge in [-0.2, -0.15) is 0 Å². The fourth-order valence-corrected chi connectivity index (χ4v) is 8.75. The van der Waals surface area contributed by atoms with Gasteiger partial charge in [0.15, 0.2) is 0 Å². The van der Waals surface area contributed by atoms with Crippen molar-refractivity contribution in [3.05, 3.63) is 194 Å². The van der Waals surface area contributed by atoms with Gasteiger partial charge in [0.2, 0.25) is 0 Å². The van der Waals surface area contributed by atoms with Crippen molar-refractivity contribution in [3.8, 4) is 44.5 Å². The van der Waals surface area contributed by atoms with Gasteiger partial charge in [0, 0.05) is 0 Å². The number of hydrogen-bond acceptors (Lipinski definition) is 0. The largest absolute Gasteiger partial charge is 0.0656 e. The average molecular weight is 863 g/mol. The molecular formula is C66H70. The molecule has 0 amide bonds. The molecule has 0 aromatic heterocycles. The Labute approximate surface area is 396 Å². The van der Waals surface area contributed by atoms with Crippen LogP contribution in [0.15, 0.2) is 188 Å². The van der Waals surface area contributed by atoms with E-state index < -0.39 is 0 Å². The summed E-state index contributed by atoms with van der Waals surface area (Å²) < 4.78 is 0. The third-order valence-electron chi connectivity index (χ3n) is 12.3. The SMILES string of the molecule is CC1CC1.CCC.CCC.CCCCC.Cc1ccc(-c2cccc(-c3ccc4c5ccccc5c5ccccc5c4c3)c2)cc1-c1cccc(-c2cc3ccccc3c3ccccc23)c1. The fraction of sp³-hybridized carbons (Fsp3) is 0.242. The minimum absolute atomic E-state index is 1.08. The van der Waals surface area contributed by atoms with Gasteiger partial charge in [-0.3, -0.25) is 0 Å². The molecule has 1 aliphatic rings. The van der Waals surface area contributed by atoms with Crippen molar-refractivity contribution in [1.82, 2.24) is 0 Å². The van der Waals surface area contributed by atoms with Gasteiger partial charge in [-0.25, -0.2) is 0 Å². The van der Waals surface area contributed by atoms with Gasteiger partial charge in [0.1, 0.15) is 0 Å². The summed E-state index contributed by atoms with van der Waals surface area (Å²) in [5.41, 5.74) is 11.1. The summed E-state index contributed by atoms with van der Waals surface area (Å²) in [6, 6.07) is 69.4. The second kappa shape index (κ2) is 23.1. The van der Waals surface area contributed by atoms with Crippen molar-refractivity contribution in [2.45, 2.75) is 100 Å². The molecule has 11 rings (SSSR count). The van der Waals surface area contributed by atoms with Gasteiger partial charge in [0.05, 0.1) is 0 Å². The molecule has 0 spiro atoms. The van der Waals surface area contributed by atoms with E-state index in [0.717, 1.165) is 5.92 Å². The highest BCUT2D eigenvalue weighted by Gasteiger charge is 2.14. The molecule has 334 valence electrons.